The van der Waals surface area contributed by atoms with E-state index in [4.69, 9.17) is 10.5 Å². The number of thiazole rings is 1. The monoisotopic (exact) mass is 715 g/mol. The highest BCUT2D eigenvalue weighted by Crippen LogP contribution is 2.35. The number of nitrogens with one attached hydrogen (secondary N) is 2. The molecule has 0 radical (unpaired) electrons. The van der Waals surface area contributed by atoms with Gasteiger partial charge in [-0.05, 0) is 69.5 Å². The second-order valence-corrected chi connectivity index (χ2v) is 14.5. The van der Waals surface area contributed by atoms with Gasteiger partial charge in [0.05, 0.1) is 5.92 Å². The van der Waals surface area contributed by atoms with Crippen molar-refractivity contribution in [1.82, 2.24) is 30.5 Å². The van der Waals surface area contributed by atoms with Crippen LogP contribution >= 0.6 is 11.3 Å². The Bertz CT molecular complexity index is 1410. The lowest BCUT2D eigenvalue weighted by Gasteiger charge is -2.33. The topological polar surface area (TPSA) is 207 Å². The van der Waals surface area contributed by atoms with E-state index in [0.29, 0.717) is 23.7 Å². The van der Waals surface area contributed by atoms with Gasteiger partial charge in [0.2, 0.25) is 11.8 Å². The molecule has 50 heavy (non-hydrogen) atoms. The van der Waals surface area contributed by atoms with E-state index >= 15 is 0 Å². The average molecular weight is 716 g/mol. The predicted octanol–water partition coefficient (Wildman–Crippen LogP) is 3.52. The number of ether oxygens (including phenoxy) is 1. The Morgan fingerprint density at radius 2 is 1.74 bits per heavy atom. The van der Waals surface area contributed by atoms with Gasteiger partial charge < -0.3 is 31.1 Å². The summed E-state index contributed by atoms with van der Waals surface area (Å²) >= 11 is 1.20. The van der Waals surface area contributed by atoms with Crippen LogP contribution in [0, 0.1) is 23.7 Å². The first-order valence-electron chi connectivity index (χ1n) is 17.4. The molecule has 2 fully saturated rings. The molecular weight excluding hydrogens is 662 g/mol. The van der Waals surface area contributed by atoms with Gasteiger partial charge in [0, 0.05) is 69.0 Å². The molecule has 14 nitrogen and oxygen atoms in total. The Balaban J connectivity index is 0.000000521. The number of nitrogens with zero attached hydrogens (tertiary/aromatic N) is 4. The Morgan fingerprint density at radius 3 is 2.30 bits per heavy atom. The molecule has 276 valence electrons. The lowest BCUT2D eigenvalue weighted by Crippen LogP contribution is -2.42. The molecule has 0 aromatic carbocycles. The van der Waals surface area contributed by atoms with Gasteiger partial charge in [-0.15, -0.1) is 11.3 Å². The number of carbonyl (C=O) groups excluding carboxylic acids is 4. The smallest absolute Gasteiger partial charge is 0.306 e. The normalized spacial score (nSPS) is 17.0. The molecule has 2 aromatic rings. The second kappa shape index (κ2) is 20.0. The molecule has 1 aliphatic heterocycles. The zero-order chi connectivity index (χ0) is 36.8. The summed E-state index contributed by atoms with van der Waals surface area (Å²) in [6, 6.07) is 0.959. The number of carboxylic acid groups (broad SMARTS) is 1. The van der Waals surface area contributed by atoms with Crippen LogP contribution < -0.4 is 16.4 Å². The van der Waals surface area contributed by atoms with Crippen LogP contribution in [0.1, 0.15) is 106 Å². The molecular formula is C35H53N7O7S. The molecule has 0 bridgehead atoms. The van der Waals surface area contributed by atoms with Gasteiger partial charge in [-0.2, -0.15) is 0 Å². The van der Waals surface area contributed by atoms with E-state index in [1.54, 1.807) is 42.7 Å². The van der Waals surface area contributed by atoms with Crippen molar-refractivity contribution in [2.45, 2.75) is 104 Å². The molecule has 1 saturated heterocycles. The van der Waals surface area contributed by atoms with Crippen molar-refractivity contribution in [2.24, 2.45) is 29.4 Å². The SMILES string of the molecule is CC(=O)OC(CC(C(C)C)N(C)C(=O)C1CC1)c1nc(C(=O)NC(Cc2ncccn2)CC(C)C(=O)O)cs1.NC(=O)CCC1CCNCC1. The number of hydrogen-bond donors (Lipinski definition) is 4. The van der Waals surface area contributed by atoms with E-state index < -0.39 is 35.9 Å². The van der Waals surface area contributed by atoms with E-state index in [1.807, 2.05) is 13.8 Å². The number of amides is 3. The molecule has 15 heteroatoms. The number of carboxylic acids is 1. The number of primary amides is 1. The van der Waals surface area contributed by atoms with Crippen LogP contribution in [0.4, 0.5) is 0 Å². The third-order valence-corrected chi connectivity index (χ3v) is 9.97. The van der Waals surface area contributed by atoms with Crippen molar-refractivity contribution < 1.29 is 33.8 Å². The number of piperidine rings is 1. The largest absolute Gasteiger partial charge is 0.481 e. The first-order valence-corrected chi connectivity index (χ1v) is 18.3. The first-order chi connectivity index (χ1) is 23.7. The van der Waals surface area contributed by atoms with Crippen molar-refractivity contribution in [2.75, 3.05) is 20.1 Å². The number of aliphatic carboxylic acids is 1. The Morgan fingerprint density at radius 1 is 1.08 bits per heavy atom. The van der Waals surface area contributed by atoms with E-state index in [0.717, 1.165) is 38.3 Å². The fraction of sp³-hybridized carbons (Fsp3) is 0.657. The third kappa shape index (κ3) is 13.7. The lowest BCUT2D eigenvalue weighted by atomic mass is 9.93. The van der Waals surface area contributed by atoms with Crippen LogP contribution in [0.3, 0.4) is 0 Å². The molecule has 2 aromatic heterocycles. The highest BCUT2D eigenvalue weighted by atomic mass is 32.1. The van der Waals surface area contributed by atoms with Crippen LogP contribution in [0.15, 0.2) is 23.8 Å². The molecule has 1 aliphatic carbocycles. The van der Waals surface area contributed by atoms with Gasteiger partial charge in [-0.1, -0.05) is 20.8 Å². The summed E-state index contributed by atoms with van der Waals surface area (Å²) in [6.45, 7) is 9.13. The fourth-order valence-electron chi connectivity index (χ4n) is 5.97. The number of aromatic nitrogens is 3. The van der Waals surface area contributed by atoms with Gasteiger partial charge in [0.15, 0.2) is 6.10 Å². The van der Waals surface area contributed by atoms with E-state index in [9.17, 15) is 29.1 Å². The molecule has 4 rings (SSSR count). The minimum atomic E-state index is -0.965. The summed E-state index contributed by atoms with van der Waals surface area (Å²) in [4.78, 5) is 74.4. The predicted molar refractivity (Wildman–Crippen MR) is 188 cm³/mol. The fourth-order valence-corrected chi connectivity index (χ4v) is 6.81. The third-order valence-electron chi connectivity index (χ3n) is 9.04. The van der Waals surface area contributed by atoms with Gasteiger partial charge in [-0.3, -0.25) is 24.0 Å². The molecule has 3 amide bonds. The van der Waals surface area contributed by atoms with Crippen molar-refractivity contribution in [3.63, 3.8) is 0 Å². The van der Waals surface area contributed by atoms with Gasteiger partial charge in [0.1, 0.15) is 16.5 Å². The van der Waals surface area contributed by atoms with Gasteiger partial charge in [0.25, 0.3) is 5.91 Å². The lowest BCUT2D eigenvalue weighted by molar-refractivity contribution is -0.148. The number of carbonyl (C=O) groups is 5. The minimum Gasteiger partial charge on any atom is -0.481 e. The summed E-state index contributed by atoms with van der Waals surface area (Å²) < 4.78 is 5.61. The molecule has 4 atom stereocenters. The molecule has 2 aliphatic rings. The Hall–Kier alpha value is -3.98. The van der Waals surface area contributed by atoms with Crippen LogP contribution in [-0.4, -0.2) is 86.8 Å². The van der Waals surface area contributed by atoms with Crippen LogP contribution in [-0.2, 0) is 30.3 Å². The summed E-state index contributed by atoms with van der Waals surface area (Å²) in [6.07, 6.45) is 8.99. The zero-order valence-electron chi connectivity index (χ0n) is 29.8. The van der Waals surface area contributed by atoms with Crippen molar-refractivity contribution >= 4 is 41.0 Å². The molecule has 4 unspecified atom stereocenters. The number of hydrogen-bond acceptors (Lipinski definition) is 11. The molecule has 3 heterocycles. The maximum absolute atomic E-state index is 13.1. The average Bonchev–Trinajstić information content (AvgIpc) is 3.81. The van der Waals surface area contributed by atoms with Crippen LogP contribution in [0.2, 0.25) is 0 Å². The summed E-state index contributed by atoms with van der Waals surface area (Å²) in [5, 5.41) is 17.6. The molecule has 5 N–H and O–H groups in total. The van der Waals surface area contributed by atoms with E-state index in [-0.39, 0.29) is 48.2 Å². The standard InChI is InChI=1S/C27H37N5O6S.C8H16N2O/c1-15(2)21(32(5)26(35)18-7-8-18)13-22(38-17(4)33)25-31-20(14-39-25)24(34)30-19(11-16(3)27(36)37)12-23-28-9-6-10-29-23;9-8(11)2-1-7-3-5-10-6-4-7/h6,9-10,14-16,18-19,21-22H,7-8,11-13H2,1-5H3,(H,30,34)(H,36,37);7,10H,1-6H2,(H2,9,11). The number of esters is 1. The number of nitrogens with two attached hydrogens (primary N) is 1. The van der Waals surface area contributed by atoms with Crippen LogP contribution in [0.5, 0.6) is 0 Å². The minimum absolute atomic E-state index is 0.0664. The van der Waals surface area contributed by atoms with Crippen molar-refractivity contribution in [1.29, 1.82) is 0 Å². The zero-order valence-corrected chi connectivity index (χ0v) is 30.6. The first kappa shape index (κ1) is 40.4. The van der Waals surface area contributed by atoms with E-state index in [2.05, 4.69) is 25.6 Å². The molecule has 1 saturated carbocycles. The summed E-state index contributed by atoms with van der Waals surface area (Å²) in [5.74, 6) is -1.30. The maximum atomic E-state index is 13.1. The quantitative estimate of drug-likeness (QED) is 0.174. The Labute approximate surface area is 298 Å². The number of rotatable bonds is 17. The van der Waals surface area contributed by atoms with Crippen molar-refractivity contribution in [3.05, 3.63) is 40.4 Å². The van der Waals surface area contributed by atoms with E-state index in [1.165, 1.54) is 31.1 Å². The summed E-state index contributed by atoms with van der Waals surface area (Å²) in [7, 11) is 1.78. The van der Waals surface area contributed by atoms with Gasteiger partial charge in [-0.25, -0.2) is 15.0 Å². The highest BCUT2D eigenvalue weighted by molar-refractivity contribution is 7.09. The highest BCUT2D eigenvalue weighted by Gasteiger charge is 2.37. The van der Waals surface area contributed by atoms with Crippen LogP contribution in [0.25, 0.3) is 0 Å². The van der Waals surface area contributed by atoms with Gasteiger partial charge >= 0.3 is 11.9 Å². The van der Waals surface area contributed by atoms with Crippen molar-refractivity contribution in [3.8, 4) is 0 Å². The summed E-state index contributed by atoms with van der Waals surface area (Å²) in [5.41, 5.74) is 5.19. The maximum Gasteiger partial charge on any atom is 0.306 e. The second-order valence-electron chi connectivity index (χ2n) is 13.7. The molecule has 0 spiro atoms. The Kier molecular flexibility index (Phi) is 16.2.